The molecule has 0 amide bonds. The Morgan fingerprint density at radius 3 is 2.06 bits per heavy atom. The van der Waals surface area contributed by atoms with Gasteiger partial charge in [0, 0.05) is 11.1 Å². The van der Waals surface area contributed by atoms with Crippen LogP contribution in [0.2, 0.25) is 0 Å². The van der Waals surface area contributed by atoms with Gasteiger partial charge in [-0.05, 0) is 92.5 Å². The number of aryl methyl sites for hydroxylation is 1. The predicted octanol–water partition coefficient (Wildman–Crippen LogP) is 9.38. The minimum absolute atomic E-state index is 0.210. The van der Waals surface area contributed by atoms with Crippen molar-refractivity contribution < 1.29 is 13.2 Å². The van der Waals surface area contributed by atoms with Gasteiger partial charge >= 0.3 is 0 Å². The molecule has 0 bridgehead atoms. The van der Waals surface area contributed by atoms with Gasteiger partial charge in [0.25, 0.3) is 0 Å². The molecule has 1 fully saturated rings. The van der Waals surface area contributed by atoms with Crippen molar-refractivity contribution in [3.8, 4) is 22.3 Å². The van der Waals surface area contributed by atoms with E-state index in [9.17, 15) is 8.78 Å². The summed E-state index contributed by atoms with van der Waals surface area (Å²) in [6.07, 6.45) is 11.4. The highest BCUT2D eigenvalue weighted by Crippen LogP contribution is 2.39. The van der Waals surface area contributed by atoms with Gasteiger partial charge < -0.3 is 0 Å². The fourth-order valence-corrected chi connectivity index (χ4v) is 5.00. The highest BCUT2D eigenvalue weighted by Gasteiger charge is 2.23. The summed E-state index contributed by atoms with van der Waals surface area (Å²) in [6.45, 7) is 3.60. The smallest absolute Gasteiger partial charge is 0.166 e. The van der Waals surface area contributed by atoms with Crippen LogP contribution in [-0.2, 0) is 0 Å². The van der Waals surface area contributed by atoms with Crippen LogP contribution >= 0.6 is 0 Å². The molecule has 0 nitrogen and oxygen atoms in total. The Balaban J connectivity index is 1.46. The summed E-state index contributed by atoms with van der Waals surface area (Å²) in [5.74, 6) is -0.705. The van der Waals surface area contributed by atoms with Gasteiger partial charge in [-0.2, -0.15) is 0 Å². The van der Waals surface area contributed by atoms with Crippen molar-refractivity contribution in [1.29, 1.82) is 0 Å². The number of rotatable bonds is 6. The number of hydrogen-bond donors (Lipinski definition) is 0. The lowest BCUT2D eigenvalue weighted by Gasteiger charge is -2.28. The van der Waals surface area contributed by atoms with Crippen molar-refractivity contribution in [2.75, 3.05) is 0 Å². The van der Waals surface area contributed by atoms with Crippen molar-refractivity contribution in [3.05, 3.63) is 95.3 Å². The summed E-state index contributed by atoms with van der Waals surface area (Å²) in [7, 11) is 0. The predicted molar refractivity (Wildman–Crippen MR) is 131 cm³/mol. The van der Waals surface area contributed by atoms with E-state index in [1.807, 2.05) is 12.1 Å². The minimum atomic E-state index is -0.852. The van der Waals surface area contributed by atoms with Crippen LogP contribution in [0.5, 0.6) is 0 Å². The molecule has 0 spiro atoms. The third kappa shape index (κ3) is 5.24. The second-order valence-electron chi connectivity index (χ2n) is 9.24. The average Bonchev–Trinajstić information content (AvgIpc) is 2.83. The topological polar surface area (TPSA) is 0 Å². The molecular formula is C30H31F3. The van der Waals surface area contributed by atoms with Crippen LogP contribution in [-0.4, -0.2) is 0 Å². The molecule has 0 aromatic heterocycles. The molecule has 4 rings (SSSR count). The number of hydrogen-bond acceptors (Lipinski definition) is 0. The maximum atomic E-state index is 15.0. The Kier molecular flexibility index (Phi) is 7.37. The van der Waals surface area contributed by atoms with Crippen molar-refractivity contribution in [2.45, 2.75) is 58.3 Å². The second-order valence-corrected chi connectivity index (χ2v) is 9.24. The maximum Gasteiger partial charge on any atom is 0.166 e. The lowest BCUT2D eigenvalue weighted by atomic mass is 9.77. The molecule has 0 atom stereocenters. The molecule has 0 aliphatic heterocycles. The van der Waals surface area contributed by atoms with E-state index in [-0.39, 0.29) is 16.9 Å². The molecule has 0 saturated heterocycles. The highest BCUT2D eigenvalue weighted by molar-refractivity contribution is 5.71. The van der Waals surface area contributed by atoms with Crippen LogP contribution in [0.1, 0.15) is 62.5 Å². The molecule has 1 aliphatic carbocycles. The Bertz CT molecular complexity index is 1120. The van der Waals surface area contributed by atoms with Gasteiger partial charge in [-0.1, -0.05) is 60.7 Å². The molecule has 0 unspecified atom stereocenters. The zero-order chi connectivity index (χ0) is 23.4. The lowest BCUT2D eigenvalue weighted by Crippen LogP contribution is -2.13. The van der Waals surface area contributed by atoms with E-state index in [0.717, 1.165) is 36.3 Å². The van der Waals surface area contributed by atoms with E-state index in [4.69, 9.17) is 0 Å². The molecule has 33 heavy (non-hydrogen) atoms. The molecule has 3 heteroatoms. The first kappa shape index (κ1) is 23.4. The van der Waals surface area contributed by atoms with Gasteiger partial charge in [-0.3, -0.25) is 0 Å². The monoisotopic (exact) mass is 448 g/mol. The van der Waals surface area contributed by atoms with Crippen LogP contribution < -0.4 is 0 Å². The third-order valence-corrected chi connectivity index (χ3v) is 7.07. The van der Waals surface area contributed by atoms with Gasteiger partial charge in [0.1, 0.15) is 5.82 Å². The molecule has 1 saturated carbocycles. The van der Waals surface area contributed by atoms with Crippen LogP contribution in [0.4, 0.5) is 13.2 Å². The Labute approximate surface area is 195 Å². The van der Waals surface area contributed by atoms with E-state index >= 15 is 4.39 Å². The zero-order valence-corrected chi connectivity index (χ0v) is 19.4. The zero-order valence-electron chi connectivity index (χ0n) is 19.4. The summed E-state index contributed by atoms with van der Waals surface area (Å²) >= 11 is 0. The van der Waals surface area contributed by atoms with E-state index < -0.39 is 11.6 Å². The van der Waals surface area contributed by atoms with Gasteiger partial charge in [-0.25, -0.2) is 13.2 Å². The van der Waals surface area contributed by atoms with Crippen molar-refractivity contribution in [2.24, 2.45) is 5.92 Å². The maximum absolute atomic E-state index is 15.0. The molecule has 172 valence electrons. The minimum Gasteiger partial charge on any atom is -0.206 e. The Hall–Kier alpha value is -2.81. The summed E-state index contributed by atoms with van der Waals surface area (Å²) in [5.41, 5.74) is 3.39. The van der Waals surface area contributed by atoms with E-state index in [0.29, 0.717) is 17.0 Å². The molecule has 3 aromatic rings. The molecule has 0 N–H and O–H groups in total. The quantitative estimate of drug-likeness (QED) is 0.330. The highest BCUT2D eigenvalue weighted by atomic mass is 19.2. The first-order valence-electron chi connectivity index (χ1n) is 11.9. The third-order valence-electron chi connectivity index (χ3n) is 7.07. The summed E-state index contributed by atoms with van der Waals surface area (Å²) in [4.78, 5) is 0. The standard InChI is InChI=1S/C30H31F3/c1-3-4-5-6-21-8-10-22(11-9-21)25-16-18-26(28(31)19-25)23-12-14-24(15-13-23)27-17-7-20(2)29(32)30(27)33/h3-4,7,12-19,21-22H,5-6,8-11H2,1-2H3. The average molecular weight is 449 g/mol. The number of allylic oxidation sites excluding steroid dienone is 2. The largest absolute Gasteiger partial charge is 0.206 e. The van der Waals surface area contributed by atoms with Crippen molar-refractivity contribution >= 4 is 0 Å². The first-order chi connectivity index (χ1) is 16.0. The summed E-state index contributed by atoms with van der Waals surface area (Å²) in [6, 6.07) is 15.7. The Morgan fingerprint density at radius 1 is 0.788 bits per heavy atom. The fourth-order valence-electron chi connectivity index (χ4n) is 5.00. The van der Waals surface area contributed by atoms with Gasteiger partial charge in [-0.15, -0.1) is 0 Å². The van der Waals surface area contributed by atoms with Gasteiger partial charge in [0.15, 0.2) is 11.6 Å². The number of benzene rings is 3. The van der Waals surface area contributed by atoms with Gasteiger partial charge in [0.2, 0.25) is 0 Å². The van der Waals surface area contributed by atoms with E-state index in [1.54, 1.807) is 42.5 Å². The number of halogens is 3. The summed E-state index contributed by atoms with van der Waals surface area (Å²) < 4.78 is 43.3. The summed E-state index contributed by atoms with van der Waals surface area (Å²) in [5, 5.41) is 0. The SMILES string of the molecule is CC=CCCC1CCC(c2ccc(-c3ccc(-c4ccc(C)c(F)c4F)cc3)c(F)c2)CC1. The first-order valence-corrected chi connectivity index (χ1v) is 11.9. The fraction of sp³-hybridized carbons (Fsp3) is 0.333. The molecule has 1 aliphatic rings. The lowest BCUT2D eigenvalue weighted by molar-refractivity contribution is 0.311. The van der Waals surface area contributed by atoms with Crippen LogP contribution in [0.25, 0.3) is 22.3 Å². The van der Waals surface area contributed by atoms with Crippen LogP contribution in [0.15, 0.2) is 66.7 Å². The molecular weight excluding hydrogens is 417 g/mol. The Morgan fingerprint density at radius 2 is 1.42 bits per heavy atom. The normalized spacial score (nSPS) is 18.7. The van der Waals surface area contributed by atoms with Gasteiger partial charge in [0.05, 0.1) is 0 Å². The van der Waals surface area contributed by atoms with Crippen LogP contribution in [0, 0.1) is 30.3 Å². The van der Waals surface area contributed by atoms with Crippen LogP contribution in [0.3, 0.4) is 0 Å². The molecule has 3 aromatic carbocycles. The van der Waals surface area contributed by atoms with E-state index in [1.165, 1.54) is 26.2 Å². The van der Waals surface area contributed by atoms with E-state index in [2.05, 4.69) is 19.1 Å². The van der Waals surface area contributed by atoms with Crippen molar-refractivity contribution in [3.63, 3.8) is 0 Å². The second kappa shape index (κ2) is 10.4. The van der Waals surface area contributed by atoms with Crippen molar-refractivity contribution in [1.82, 2.24) is 0 Å². The molecule has 0 radical (unpaired) electrons. The molecule has 0 heterocycles.